The Morgan fingerprint density at radius 3 is 2.17 bits per heavy atom. The lowest BCUT2D eigenvalue weighted by Gasteiger charge is -2.20. The summed E-state index contributed by atoms with van der Waals surface area (Å²) in [6.07, 6.45) is 3.03. The molecule has 6 nitrogen and oxygen atoms in total. The Morgan fingerprint density at radius 2 is 1.58 bits per heavy atom. The van der Waals surface area contributed by atoms with Gasteiger partial charge in [0, 0.05) is 13.1 Å². The van der Waals surface area contributed by atoms with E-state index in [0.717, 1.165) is 5.56 Å². The molecule has 2 aliphatic heterocycles. The number of hydrogen-bond donors (Lipinski definition) is 0. The molecule has 122 valence electrons. The molecule has 1 aromatic heterocycles. The predicted molar refractivity (Wildman–Crippen MR) is 88.2 cm³/mol. The van der Waals surface area contributed by atoms with Crippen molar-refractivity contribution in [2.75, 3.05) is 18.0 Å². The van der Waals surface area contributed by atoms with Gasteiger partial charge in [0.25, 0.3) is 0 Å². The number of anilines is 1. The lowest BCUT2D eigenvalue weighted by atomic mass is 10.00. The fourth-order valence-corrected chi connectivity index (χ4v) is 3.46. The van der Waals surface area contributed by atoms with E-state index >= 15 is 0 Å². The van der Waals surface area contributed by atoms with Crippen LogP contribution >= 0.6 is 11.6 Å². The zero-order chi connectivity index (χ0) is 16.7. The number of aromatic nitrogens is 2. The van der Waals surface area contributed by atoms with E-state index in [1.54, 1.807) is 0 Å². The van der Waals surface area contributed by atoms with Crippen LogP contribution in [0.25, 0.3) is 0 Å². The molecule has 2 aromatic rings. The molecule has 3 heterocycles. The Balaban J connectivity index is 1.50. The summed E-state index contributed by atoms with van der Waals surface area (Å²) in [5, 5.41) is 0.458. The number of imide groups is 1. The van der Waals surface area contributed by atoms with E-state index in [9.17, 15) is 9.59 Å². The van der Waals surface area contributed by atoms with E-state index < -0.39 is 0 Å². The summed E-state index contributed by atoms with van der Waals surface area (Å²) in [4.78, 5) is 36.9. The molecule has 2 aliphatic rings. The van der Waals surface area contributed by atoms with Gasteiger partial charge in [-0.1, -0.05) is 41.9 Å². The molecule has 0 radical (unpaired) electrons. The molecule has 24 heavy (non-hydrogen) atoms. The molecule has 0 bridgehead atoms. The van der Waals surface area contributed by atoms with E-state index in [1.807, 2.05) is 35.2 Å². The zero-order valence-corrected chi connectivity index (χ0v) is 13.6. The van der Waals surface area contributed by atoms with Crippen molar-refractivity contribution in [3.05, 3.63) is 53.3 Å². The first-order valence-corrected chi connectivity index (χ1v) is 8.13. The second-order valence-electron chi connectivity index (χ2n) is 6.07. The number of nitrogens with zero attached hydrogens (tertiary/aromatic N) is 4. The number of hydrogen-bond acceptors (Lipinski definition) is 5. The monoisotopic (exact) mass is 342 g/mol. The molecular formula is C17H15ClN4O2. The molecule has 0 saturated carbocycles. The van der Waals surface area contributed by atoms with Crippen LogP contribution in [0.3, 0.4) is 0 Å². The molecule has 2 saturated heterocycles. The van der Waals surface area contributed by atoms with Gasteiger partial charge in [-0.3, -0.25) is 14.5 Å². The first-order valence-electron chi connectivity index (χ1n) is 7.75. The lowest BCUT2D eigenvalue weighted by molar-refractivity contribution is -0.140. The van der Waals surface area contributed by atoms with Gasteiger partial charge in [0.1, 0.15) is 0 Å². The molecule has 4 rings (SSSR count). The summed E-state index contributed by atoms with van der Waals surface area (Å²) >= 11 is 5.80. The van der Waals surface area contributed by atoms with Crippen molar-refractivity contribution in [1.29, 1.82) is 0 Å². The fourth-order valence-electron chi connectivity index (χ4n) is 3.37. The quantitative estimate of drug-likeness (QED) is 0.795. The van der Waals surface area contributed by atoms with Gasteiger partial charge in [-0.25, -0.2) is 9.97 Å². The molecule has 7 heteroatoms. The molecule has 2 fully saturated rings. The summed E-state index contributed by atoms with van der Waals surface area (Å²) in [6.45, 7) is 1.26. The molecule has 2 atom stereocenters. The lowest BCUT2D eigenvalue weighted by Crippen LogP contribution is -2.36. The highest BCUT2D eigenvalue weighted by molar-refractivity contribution is 6.30. The molecule has 0 spiro atoms. The van der Waals surface area contributed by atoms with Crippen LogP contribution in [0.5, 0.6) is 0 Å². The summed E-state index contributed by atoms with van der Waals surface area (Å²) in [6, 6.07) is 9.56. The number of carbonyl (C=O) groups is 2. The van der Waals surface area contributed by atoms with Crippen molar-refractivity contribution in [2.24, 2.45) is 11.8 Å². The first kappa shape index (κ1) is 15.1. The van der Waals surface area contributed by atoms with Crippen LogP contribution in [0.4, 0.5) is 5.95 Å². The second-order valence-corrected chi connectivity index (χ2v) is 6.50. The molecule has 2 amide bonds. The maximum absolute atomic E-state index is 12.6. The van der Waals surface area contributed by atoms with Gasteiger partial charge in [-0.2, -0.15) is 0 Å². The third-order valence-corrected chi connectivity index (χ3v) is 4.75. The summed E-state index contributed by atoms with van der Waals surface area (Å²) in [7, 11) is 0. The van der Waals surface area contributed by atoms with E-state index in [4.69, 9.17) is 11.6 Å². The van der Waals surface area contributed by atoms with Crippen molar-refractivity contribution in [2.45, 2.75) is 6.54 Å². The molecule has 0 N–H and O–H groups in total. The van der Waals surface area contributed by atoms with Gasteiger partial charge in [0.2, 0.25) is 17.8 Å². The van der Waals surface area contributed by atoms with Crippen molar-refractivity contribution in [3.63, 3.8) is 0 Å². The third-order valence-electron chi connectivity index (χ3n) is 4.56. The van der Waals surface area contributed by atoms with Gasteiger partial charge in [0.05, 0.1) is 35.8 Å². The van der Waals surface area contributed by atoms with Crippen LogP contribution in [0.15, 0.2) is 42.7 Å². The molecule has 0 aliphatic carbocycles. The number of carbonyl (C=O) groups excluding carboxylic acids is 2. The summed E-state index contributed by atoms with van der Waals surface area (Å²) < 4.78 is 0. The number of fused-ring (bicyclic) bond motifs is 1. The maximum Gasteiger partial charge on any atom is 0.235 e. The average Bonchev–Trinajstić information content (AvgIpc) is 3.13. The number of rotatable bonds is 3. The topological polar surface area (TPSA) is 66.4 Å². The van der Waals surface area contributed by atoms with Crippen molar-refractivity contribution in [3.8, 4) is 0 Å². The van der Waals surface area contributed by atoms with Gasteiger partial charge < -0.3 is 4.90 Å². The standard InChI is InChI=1S/C17H15ClN4O2/c18-12-6-19-17(20-7-12)21-9-13-14(10-21)16(24)22(15(13)23)8-11-4-2-1-3-5-11/h1-7,13-14H,8-10H2. The summed E-state index contributed by atoms with van der Waals surface area (Å²) in [5.41, 5.74) is 0.956. The molecule has 2 unspecified atom stereocenters. The minimum atomic E-state index is -0.319. The highest BCUT2D eigenvalue weighted by Crippen LogP contribution is 2.35. The first-order chi connectivity index (χ1) is 11.6. The average molecular weight is 343 g/mol. The van der Waals surface area contributed by atoms with Crippen LogP contribution in [-0.4, -0.2) is 39.8 Å². The normalized spacial score (nSPS) is 23.0. The highest BCUT2D eigenvalue weighted by atomic mass is 35.5. The summed E-state index contributed by atoms with van der Waals surface area (Å²) in [5.74, 6) is -0.347. The van der Waals surface area contributed by atoms with Gasteiger partial charge >= 0.3 is 0 Å². The van der Waals surface area contributed by atoms with E-state index in [-0.39, 0.29) is 23.7 Å². The van der Waals surface area contributed by atoms with Gasteiger partial charge in [-0.05, 0) is 5.56 Å². The maximum atomic E-state index is 12.6. The van der Waals surface area contributed by atoms with Crippen LogP contribution in [-0.2, 0) is 16.1 Å². The van der Waals surface area contributed by atoms with Gasteiger partial charge in [0.15, 0.2) is 0 Å². The van der Waals surface area contributed by atoms with Crippen LogP contribution in [0, 0.1) is 11.8 Å². The zero-order valence-electron chi connectivity index (χ0n) is 12.8. The Hall–Kier alpha value is -2.47. The minimum absolute atomic E-state index is 0.106. The van der Waals surface area contributed by atoms with Crippen molar-refractivity contribution >= 4 is 29.4 Å². The van der Waals surface area contributed by atoms with Crippen LogP contribution < -0.4 is 4.90 Å². The number of halogens is 1. The Kier molecular flexibility index (Phi) is 3.69. The number of amides is 2. The van der Waals surface area contributed by atoms with E-state index in [1.165, 1.54) is 17.3 Å². The van der Waals surface area contributed by atoms with E-state index in [0.29, 0.717) is 30.6 Å². The third kappa shape index (κ3) is 2.53. The second kappa shape index (κ2) is 5.87. The fraction of sp³-hybridized carbons (Fsp3) is 0.294. The largest absolute Gasteiger partial charge is 0.339 e. The van der Waals surface area contributed by atoms with Crippen molar-refractivity contribution in [1.82, 2.24) is 14.9 Å². The van der Waals surface area contributed by atoms with Crippen LogP contribution in [0.2, 0.25) is 5.02 Å². The smallest absolute Gasteiger partial charge is 0.235 e. The minimum Gasteiger partial charge on any atom is -0.339 e. The number of benzene rings is 1. The Morgan fingerprint density at radius 1 is 1.00 bits per heavy atom. The van der Waals surface area contributed by atoms with E-state index in [2.05, 4.69) is 9.97 Å². The SMILES string of the molecule is O=C1C2CN(c3ncc(Cl)cn3)CC2C(=O)N1Cc1ccccc1. The number of likely N-dealkylation sites (tertiary alicyclic amines) is 1. The van der Waals surface area contributed by atoms with Crippen molar-refractivity contribution < 1.29 is 9.59 Å². The highest BCUT2D eigenvalue weighted by Gasteiger charge is 2.52. The molecule has 1 aromatic carbocycles. The Labute approximate surface area is 144 Å². The molecular weight excluding hydrogens is 328 g/mol. The predicted octanol–water partition coefficient (Wildman–Crippen LogP) is 1.75. The van der Waals surface area contributed by atoms with Gasteiger partial charge in [-0.15, -0.1) is 0 Å². The van der Waals surface area contributed by atoms with Crippen LogP contribution in [0.1, 0.15) is 5.56 Å². The Bertz CT molecular complexity index is 757.